The topological polar surface area (TPSA) is 65.2 Å². The SMILES string of the molecule is C[C@H](NC(=O)c1ccc(Br)cc1)C(=O)N1CCc2[nH]c3ccccc3c2C1. The zero-order chi connectivity index (χ0) is 19.0. The molecule has 4 rings (SSSR count). The molecule has 1 aliphatic heterocycles. The summed E-state index contributed by atoms with van der Waals surface area (Å²) < 4.78 is 0.908. The maximum atomic E-state index is 12.9. The van der Waals surface area contributed by atoms with E-state index in [9.17, 15) is 9.59 Å². The molecule has 0 aliphatic carbocycles. The molecule has 6 heteroatoms. The van der Waals surface area contributed by atoms with Crippen molar-refractivity contribution in [3.63, 3.8) is 0 Å². The molecular weight excluding hydrogens is 406 g/mol. The van der Waals surface area contributed by atoms with Crippen LogP contribution in [-0.2, 0) is 17.8 Å². The molecular formula is C21H20BrN3O2. The number of rotatable bonds is 3. The van der Waals surface area contributed by atoms with Gasteiger partial charge in [-0.2, -0.15) is 0 Å². The molecule has 0 saturated heterocycles. The molecule has 2 amide bonds. The van der Waals surface area contributed by atoms with Gasteiger partial charge in [-0.15, -0.1) is 0 Å². The Morgan fingerprint density at radius 1 is 1.15 bits per heavy atom. The van der Waals surface area contributed by atoms with Crippen molar-refractivity contribution >= 4 is 38.6 Å². The Bertz CT molecular complexity index is 1010. The lowest BCUT2D eigenvalue weighted by atomic mass is 10.0. The minimum Gasteiger partial charge on any atom is -0.358 e. The first-order chi connectivity index (χ1) is 13.0. The first-order valence-corrected chi connectivity index (χ1v) is 9.76. The molecule has 5 nitrogen and oxygen atoms in total. The molecule has 0 unspecified atom stereocenters. The van der Waals surface area contributed by atoms with Crippen LogP contribution in [0.5, 0.6) is 0 Å². The second kappa shape index (κ2) is 7.19. The molecule has 27 heavy (non-hydrogen) atoms. The molecule has 2 aromatic carbocycles. The van der Waals surface area contributed by atoms with E-state index in [4.69, 9.17) is 0 Å². The summed E-state index contributed by atoms with van der Waals surface area (Å²) in [6.07, 6.45) is 0.795. The molecule has 0 saturated carbocycles. The fourth-order valence-electron chi connectivity index (χ4n) is 3.57. The van der Waals surface area contributed by atoms with Crippen molar-refractivity contribution < 1.29 is 9.59 Å². The number of carbonyl (C=O) groups excluding carboxylic acids is 2. The minimum atomic E-state index is -0.576. The lowest BCUT2D eigenvalue weighted by molar-refractivity contribution is -0.133. The predicted octanol–water partition coefficient (Wildman–Crippen LogP) is 3.63. The third-order valence-corrected chi connectivity index (χ3v) is 5.55. The lowest BCUT2D eigenvalue weighted by Gasteiger charge is -2.30. The van der Waals surface area contributed by atoms with E-state index in [0.29, 0.717) is 18.7 Å². The Kier molecular flexibility index (Phi) is 4.74. The van der Waals surface area contributed by atoms with Crippen molar-refractivity contribution in [3.05, 3.63) is 69.8 Å². The van der Waals surface area contributed by atoms with Gasteiger partial charge < -0.3 is 15.2 Å². The van der Waals surface area contributed by atoms with Gasteiger partial charge in [-0.3, -0.25) is 9.59 Å². The quantitative estimate of drug-likeness (QED) is 0.672. The number of aromatic nitrogens is 1. The van der Waals surface area contributed by atoms with Crippen LogP contribution in [0.15, 0.2) is 53.0 Å². The van der Waals surface area contributed by atoms with Crippen LogP contribution in [-0.4, -0.2) is 34.3 Å². The number of amides is 2. The van der Waals surface area contributed by atoms with Crippen LogP contribution in [0.3, 0.4) is 0 Å². The Labute approximate surface area is 165 Å². The average molecular weight is 426 g/mol. The summed E-state index contributed by atoms with van der Waals surface area (Å²) in [5, 5.41) is 3.98. The minimum absolute atomic E-state index is 0.0589. The van der Waals surface area contributed by atoms with Crippen LogP contribution in [0, 0.1) is 0 Å². The zero-order valence-corrected chi connectivity index (χ0v) is 16.5. The van der Waals surface area contributed by atoms with Crippen LogP contribution in [0.25, 0.3) is 10.9 Å². The maximum absolute atomic E-state index is 12.9. The smallest absolute Gasteiger partial charge is 0.251 e. The number of hydrogen-bond donors (Lipinski definition) is 2. The third kappa shape index (κ3) is 3.49. The molecule has 1 aromatic heterocycles. The van der Waals surface area contributed by atoms with E-state index < -0.39 is 6.04 Å². The van der Waals surface area contributed by atoms with Gasteiger partial charge in [-0.25, -0.2) is 0 Å². The highest BCUT2D eigenvalue weighted by atomic mass is 79.9. The number of nitrogens with zero attached hydrogens (tertiary/aromatic N) is 1. The first-order valence-electron chi connectivity index (χ1n) is 8.96. The second-order valence-electron chi connectivity index (χ2n) is 6.84. The van der Waals surface area contributed by atoms with Crippen LogP contribution in [0.1, 0.15) is 28.5 Å². The Balaban J connectivity index is 1.46. The second-order valence-corrected chi connectivity index (χ2v) is 7.76. The van der Waals surface area contributed by atoms with Crippen molar-refractivity contribution in [3.8, 4) is 0 Å². The van der Waals surface area contributed by atoms with Crippen molar-refractivity contribution in [1.82, 2.24) is 15.2 Å². The van der Waals surface area contributed by atoms with E-state index in [1.54, 1.807) is 19.1 Å². The van der Waals surface area contributed by atoms with Crippen molar-refractivity contribution in [2.45, 2.75) is 25.9 Å². The highest BCUT2D eigenvalue weighted by Gasteiger charge is 2.27. The van der Waals surface area contributed by atoms with Crippen LogP contribution >= 0.6 is 15.9 Å². The molecule has 2 N–H and O–H groups in total. The van der Waals surface area contributed by atoms with Gasteiger partial charge in [0.1, 0.15) is 6.04 Å². The van der Waals surface area contributed by atoms with Gasteiger partial charge in [-0.05, 0) is 37.3 Å². The summed E-state index contributed by atoms with van der Waals surface area (Å²) in [7, 11) is 0. The number of halogens is 1. The van der Waals surface area contributed by atoms with Crippen molar-refractivity contribution in [1.29, 1.82) is 0 Å². The Morgan fingerprint density at radius 2 is 1.89 bits per heavy atom. The van der Waals surface area contributed by atoms with Gasteiger partial charge in [0, 0.05) is 51.7 Å². The fraction of sp³-hybridized carbons (Fsp3) is 0.238. The van der Waals surface area contributed by atoms with Crippen LogP contribution < -0.4 is 5.32 Å². The summed E-state index contributed by atoms with van der Waals surface area (Å²) in [5.74, 6) is -0.301. The number of fused-ring (bicyclic) bond motifs is 3. The van der Waals surface area contributed by atoms with Gasteiger partial charge >= 0.3 is 0 Å². The molecule has 0 spiro atoms. The number of hydrogen-bond acceptors (Lipinski definition) is 2. The van der Waals surface area contributed by atoms with E-state index in [-0.39, 0.29) is 11.8 Å². The van der Waals surface area contributed by atoms with E-state index in [1.165, 1.54) is 11.3 Å². The van der Waals surface area contributed by atoms with E-state index in [2.05, 4.69) is 38.4 Å². The molecule has 2 heterocycles. The normalized spacial score (nSPS) is 14.7. The first kappa shape index (κ1) is 17.8. The van der Waals surface area contributed by atoms with Gasteiger partial charge in [0.15, 0.2) is 0 Å². The molecule has 1 atom stereocenters. The highest BCUT2D eigenvalue weighted by molar-refractivity contribution is 9.10. The Hall–Kier alpha value is -2.60. The Morgan fingerprint density at radius 3 is 2.67 bits per heavy atom. The van der Waals surface area contributed by atoms with E-state index in [0.717, 1.165) is 21.8 Å². The molecule has 0 fully saturated rings. The van der Waals surface area contributed by atoms with Gasteiger partial charge in [-0.1, -0.05) is 34.1 Å². The van der Waals surface area contributed by atoms with Gasteiger partial charge in [0.2, 0.25) is 5.91 Å². The largest absolute Gasteiger partial charge is 0.358 e. The number of nitrogens with one attached hydrogen (secondary N) is 2. The van der Waals surface area contributed by atoms with Crippen molar-refractivity contribution in [2.24, 2.45) is 0 Å². The molecule has 3 aromatic rings. The number of aromatic amines is 1. The fourth-order valence-corrected chi connectivity index (χ4v) is 3.84. The number of H-pyrrole nitrogens is 1. The van der Waals surface area contributed by atoms with Crippen molar-refractivity contribution in [2.75, 3.05) is 6.54 Å². The molecule has 138 valence electrons. The standard InChI is InChI=1S/C21H20BrN3O2/c1-13(23-20(26)14-6-8-15(22)9-7-14)21(27)25-11-10-19-17(12-25)16-4-2-3-5-18(16)24-19/h2-9,13,24H,10-12H2,1H3,(H,23,26)/t13-/m0/s1. The van der Waals surface area contributed by atoms with E-state index >= 15 is 0 Å². The maximum Gasteiger partial charge on any atom is 0.251 e. The highest BCUT2D eigenvalue weighted by Crippen LogP contribution is 2.27. The number of carbonyl (C=O) groups is 2. The predicted molar refractivity (Wildman–Crippen MR) is 108 cm³/mol. The monoisotopic (exact) mass is 425 g/mol. The summed E-state index contributed by atoms with van der Waals surface area (Å²) in [5.41, 5.74) is 4.02. The lowest BCUT2D eigenvalue weighted by Crippen LogP contribution is -2.48. The molecule has 1 aliphatic rings. The van der Waals surface area contributed by atoms with Gasteiger partial charge in [0.25, 0.3) is 5.91 Å². The summed E-state index contributed by atoms with van der Waals surface area (Å²) in [6, 6.07) is 14.7. The molecule has 0 bridgehead atoms. The van der Waals surface area contributed by atoms with Crippen LogP contribution in [0.2, 0.25) is 0 Å². The third-order valence-electron chi connectivity index (χ3n) is 5.02. The van der Waals surface area contributed by atoms with Gasteiger partial charge in [0.05, 0.1) is 0 Å². The zero-order valence-electron chi connectivity index (χ0n) is 15.0. The number of para-hydroxylation sites is 1. The summed E-state index contributed by atoms with van der Waals surface area (Å²) in [4.78, 5) is 30.5. The molecule has 0 radical (unpaired) electrons. The number of benzene rings is 2. The summed E-state index contributed by atoms with van der Waals surface area (Å²) in [6.45, 7) is 2.96. The average Bonchev–Trinajstić information content (AvgIpc) is 3.05. The van der Waals surface area contributed by atoms with E-state index in [1.807, 2.05) is 29.2 Å². The summed E-state index contributed by atoms with van der Waals surface area (Å²) >= 11 is 3.35. The van der Waals surface area contributed by atoms with Crippen LogP contribution in [0.4, 0.5) is 0 Å².